The van der Waals surface area contributed by atoms with Gasteiger partial charge in [0, 0.05) is 18.7 Å². The summed E-state index contributed by atoms with van der Waals surface area (Å²) in [6.45, 7) is 3.05. The average Bonchev–Trinajstić information content (AvgIpc) is 2.74. The van der Waals surface area contributed by atoms with Crippen LogP contribution in [0.3, 0.4) is 0 Å². The number of carbonyl (C=O) groups excluding carboxylic acids is 1. The Kier molecular flexibility index (Phi) is 8.27. The van der Waals surface area contributed by atoms with Crippen LogP contribution < -0.4 is 5.73 Å². The standard InChI is InChI=1S/C16H16O2.C7H9N/c1-2-18-16(14-11-7-4-8-12-14)15(17)13-9-5-3-6-10-13;8-6-7-4-2-1-3-5-7/h3-12,16H,2H2,1H3;1-5H,6,8H2. The second kappa shape index (κ2) is 11.0. The van der Waals surface area contributed by atoms with Crippen molar-refractivity contribution in [2.24, 2.45) is 5.73 Å². The highest BCUT2D eigenvalue weighted by Crippen LogP contribution is 2.22. The number of benzene rings is 3. The number of hydrogen-bond donors (Lipinski definition) is 1. The molecule has 1 atom stereocenters. The van der Waals surface area contributed by atoms with Gasteiger partial charge in [-0.15, -0.1) is 0 Å². The Morgan fingerprint density at radius 1 is 0.846 bits per heavy atom. The summed E-state index contributed by atoms with van der Waals surface area (Å²) in [5.41, 5.74) is 8.11. The van der Waals surface area contributed by atoms with Crippen LogP contribution in [-0.2, 0) is 11.3 Å². The predicted molar refractivity (Wildman–Crippen MR) is 106 cm³/mol. The normalized spacial score (nSPS) is 11.2. The molecule has 3 heteroatoms. The third-order valence-electron chi connectivity index (χ3n) is 3.81. The Bertz CT molecular complexity index is 758. The summed E-state index contributed by atoms with van der Waals surface area (Å²) in [5.74, 6) is 0.00338. The van der Waals surface area contributed by atoms with E-state index in [1.54, 1.807) is 0 Å². The van der Waals surface area contributed by atoms with E-state index in [4.69, 9.17) is 10.5 Å². The minimum atomic E-state index is -0.515. The predicted octanol–water partition coefficient (Wildman–Crippen LogP) is 4.79. The van der Waals surface area contributed by atoms with Gasteiger partial charge >= 0.3 is 0 Å². The van der Waals surface area contributed by atoms with Crippen LogP contribution in [0.2, 0.25) is 0 Å². The summed E-state index contributed by atoms with van der Waals surface area (Å²) < 4.78 is 5.59. The zero-order valence-corrected chi connectivity index (χ0v) is 15.0. The fourth-order valence-corrected chi connectivity index (χ4v) is 2.49. The molecule has 0 aliphatic heterocycles. The summed E-state index contributed by atoms with van der Waals surface area (Å²) in [7, 11) is 0. The van der Waals surface area contributed by atoms with Crippen molar-refractivity contribution in [3.8, 4) is 0 Å². The van der Waals surface area contributed by atoms with Crippen LogP contribution in [0.15, 0.2) is 91.0 Å². The van der Waals surface area contributed by atoms with E-state index in [2.05, 4.69) is 0 Å². The number of ketones is 1. The second-order valence-electron chi connectivity index (χ2n) is 5.67. The van der Waals surface area contributed by atoms with E-state index in [0.29, 0.717) is 18.7 Å². The molecule has 1 unspecified atom stereocenters. The molecule has 0 saturated heterocycles. The molecule has 0 aromatic heterocycles. The minimum Gasteiger partial charge on any atom is -0.366 e. The lowest BCUT2D eigenvalue weighted by molar-refractivity contribution is 0.0452. The highest BCUT2D eigenvalue weighted by atomic mass is 16.5. The minimum absolute atomic E-state index is 0.00338. The van der Waals surface area contributed by atoms with Crippen LogP contribution in [0.4, 0.5) is 0 Å². The quantitative estimate of drug-likeness (QED) is 0.652. The largest absolute Gasteiger partial charge is 0.366 e. The van der Waals surface area contributed by atoms with E-state index >= 15 is 0 Å². The fourth-order valence-electron chi connectivity index (χ4n) is 2.49. The zero-order chi connectivity index (χ0) is 18.6. The lowest BCUT2D eigenvalue weighted by Crippen LogP contribution is -2.16. The Hall–Kier alpha value is -2.75. The molecule has 0 spiro atoms. The van der Waals surface area contributed by atoms with Crippen LogP contribution in [0.5, 0.6) is 0 Å². The van der Waals surface area contributed by atoms with Crippen molar-refractivity contribution in [1.29, 1.82) is 0 Å². The second-order valence-corrected chi connectivity index (χ2v) is 5.67. The van der Waals surface area contributed by atoms with Gasteiger partial charge in [-0.05, 0) is 18.1 Å². The SMILES string of the molecule is CCOC(C(=O)c1ccccc1)c1ccccc1.NCc1ccccc1. The molecule has 0 fully saturated rings. The molecule has 26 heavy (non-hydrogen) atoms. The molecular formula is C23H25NO2. The van der Waals surface area contributed by atoms with Gasteiger partial charge in [0.1, 0.15) is 6.10 Å². The fraction of sp³-hybridized carbons (Fsp3) is 0.174. The van der Waals surface area contributed by atoms with Crippen molar-refractivity contribution in [2.75, 3.05) is 6.61 Å². The number of hydrogen-bond acceptors (Lipinski definition) is 3. The molecule has 0 aliphatic rings. The molecule has 0 aliphatic carbocycles. The molecule has 3 rings (SSSR count). The smallest absolute Gasteiger partial charge is 0.196 e. The van der Waals surface area contributed by atoms with Crippen LogP contribution in [0.25, 0.3) is 0 Å². The average molecular weight is 347 g/mol. The molecular weight excluding hydrogens is 322 g/mol. The van der Waals surface area contributed by atoms with Gasteiger partial charge in [0.15, 0.2) is 5.78 Å². The lowest BCUT2D eigenvalue weighted by Gasteiger charge is -2.16. The van der Waals surface area contributed by atoms with E-state index < -0.39 is 6.10 Å². The monoisotopic (exact) mass is 347 g/mol. The van der Waals surface area contributed by atoms with Gasteiger partial charge in [-0.3, -0.25) is 4.79 Å². The first-order valence-electron chi connectivity index (χ1n) is 8.76. The van der Waals surface area contributed by atoms with Crippen LogP contribution in [0, 0.1) is 0 Å². The van der Waals surface area contributed by atoms with Crippen molar-refractivity contribution >= 4 is 5.78 Å². The van der Waals surface area contributed by atoms with Gasteiger partial charge in [-0.25, -0.2) is 0 Å². The molecule has 3 aromatic carbocycles. The number of rotatable bonds is 6. The molecule has 3 nitrogen and oxygen atoms in total. The first-order valence-corrected chi connectivity index (χ1v) is 8.76. The van der Waals surface area contributed by atoms with Crippen LogP contribution >= 0.6 is 0 Å². The molecule has 0 saturated carbocycles. The van der Waals surface area contributed by atoms with Crippen molar-refractivity contribution in [3.05, 3.63) is 108 Å². The summed E-state index contributed by atoms with van der Waals surface area (Å²) >= 11 is 0. The molecule has 0 bridgehead atoms. The molecule has 3 aromatic rings. The number of ether oxygens (including phenoxy) is 1. The van der Waals surface area contributed by atoms with E-state index in [0.717, 1.165) is 5.56 Å². The Balaban J connectivity index is 0.000000254. The maximum atomic E-state index is 12.4. The van der Waals surface area contributed by atoms with Gasteiger partial charge in [0.2, 0.25) is 0 Å². The first-order chi connectivity index (χ1) is 12.8. The third kappa shape index (κ3) is 5.96. The molecule has 134 valence electrons. The van der Waals surface area contributed by atoms with Gasteiger partial charge in [0.05, 0.1) is 0 Å². The van der Waals surface area contributed by atoms with Gasteiger partial charge < -0.3 is 10.5 Å². The summed E-state index contributed by atoms with van der Waals surface area (Å²) in [6, 6.07) is 28.8. The lowest BCUT2D eigenvalue weighted by atomic mass is 10.00. The summed E-state index contributed by atoms with van der Waals surface area (Å²) in [5, 5.41) is 0. The van der Waals surface area contributed by atoms with Gasteiger partial charge in [0.25, 0.3) is 0 Å². The molecule has 0 heterocycles. The van der Waals surface area contributed by atoms with Crippen molar-refractivity contribution in [1.82, 2.24) is 0 Å². The van der Waals surface area contributed by atoms with E-state index in [-0.39, 0.29) is 5.78 Å². The summed E-state index contributed by atoms with van der Waals surface area (Å²) in [4.78, 5) is 12.4. The Morgan fingerprint density at radius 3 is 1.81 bits per heavy atom. The molecule has 0 amide bonds. The van der Waals surface area contributed by atoms with Crippen LogP contribution in [0.1, 0.15) is 34.5 Å². The highest BCUT2D eigenvalue weighted by Gasteiger charge is 2.21. The number of Topliss-reactive ketones (excluding diaryl/α,β-unsaturated/α-hetero) is 1. The van der Waals surface area contributed by atoms with Gasteiger partial charge in [-0.1, -0.05) is 91.0 Å². The van der Waals surface area contributed by atoms with E-state index in [1.807, 2.05) is 97.9 Å². The maximum absolute atomic E-state index is 12.4. The Morgan fingerprint density at radius 2 is 1.35 bits per heavy atom. The van der Waals surface area contributed by atoms with Crippen LogP contribution in [-0.4, -0.2) is 12.4 Å². The van der Waals surface area contributed by atoms with Gasteiger partial charge in [-0.2, -0.15) is 0 Å². The zero-order valence-electron chi connectivity index (χ0n) is 15.0. The van der Waals surface area contributed by atoms with Crippen molar-refractivity contribution in [3.63, 3.8) is 0 Å². The van der Waals surface area contributed by atoms with E-state index in [9.17, 15) is 4.79 Å². The Labute approximate surface area is 155 Å². The topological polar surface area (TPSA) is 52.3 Å². The highest BCUT2D eigenvalue weighted by molar-refractivity contribution is 6.00. The van der Waals surface area contributed by atoms with E-state index in [1.165, 1.54) is 5.56 Å². The number of nitrogens with two attached hydrogens (primary N) is 1. The summed E-state index contributed by atoms with van der Waals surface area (Å²) in [6.07, 6.45) is -0.515. The number of carbonyl (C=O) groups is 1. The maximum Gasteiger partial charge on any atom is 0.196 e. The van der Waals surface area contributed by atoms with Crippen molar-refractivity contribution < 1.29 is 9.53 Å². The molecule has 2 N–H and O–H groups in total. The van der Waals surface area contributed by atoms with Crippen molar-refractivity contribution in [2.45, 2.75) is 19.6 Å². The third-order valence-corrected chi connectivity index (χ3v) is 3.81. The first kappa shape index (κ1) is 19.6. The molecule has 0 radical (unpaired) electrons.